The van der Waals surface area contributed by atoms with Crippen LogP contribution in [-0.4, -0.2) is 22.0 Å². The first kappa shape index (κ1) is 15.9. The van der Waals surface area contributed by atoms with E-state index in [9.17, 15) is 9.59 Å². The van der Waals surface area contributed by atoms with E-state index in [1.54, 1.807) is 12.1 Å². The van der Waals surface area contributed by atoms with Crippen LogP contribution in [0.1, 0.15) is 31.3 Å². The lowest BCUT2D eigenvalue weighted by Crippen LogP contribution is -2.12. The minimum Gasteiger partial charge on any atom is -0.478 e. The Morgan fingerprint density at radius 3 is 2.50 bits per heavy atom. The van der Waals surface area contributed by atoms with Gasteiger partial charge in [-0.2, -0.15) is 0 Å². The number of carbonyl (C=O) groups excluding carboxylic acids is 1. The third-order valence-corrected chi connectivity index (χ3v) is 4.72. The Balaban J connectivity index is 1.92. The lowest BCUT2D eigenvalue weighted by atomic mass is 10.1. The molecular weight excluding hydrogens is 326 g/mol. The molecule has 0 radical (unpaired) electrons. The van der Waals surface area contributed by atoms with E-state index in [1.807, 2.05) is 19.9 Å². The van der Waals surface area contributed by atoms with Gasteiger partial charge in [0.1, 0.15) is 9.71 Å². The number of carbonyl (C=O) groups is 2. The maximum Gasteiger partial charge on any atom is 0.335 e. The summed E-state index contributed by atoms with van der Waals surface area (Å²) < 4.78 is 0. The van der Waals surface area contributed by atoms with Crippen LogP contribution < -0.4 is 11.1 Å². The number of rotatable bonds is 3. The zero-order valence-corrected chi connectivity index (χ0v) is 13.9. The number of nitrogens with zero attached hydrogens (tertiary/aromatic N) is 1. The number of nitrogen functional groups attached to an aromatic ring is 1. The van der Waals surface area contributed by atoms with Crippen molar-refractivity contribution in [2.45, 2.75) is 13.8 Å². The molecule has 2 heterocycles. The van der Waals surface area contributed by atoms with E-state index < -0.39 is 5.97 Å². The van der Waals surface area contributed by atoms with Gasteiger partial charge in [-0.1, -0.05) is 0 Å². The van der Waals surface area contributed by atoms with Crippen molar-refractivity contribution in [3.63, 3.8) is 0 Å². The molecule has 7 heteroatoms. The van der Waals surface area contributed by atoms with E-state index in [2.05, 4.69) is 10.3 Å². The zero-order chi connectivity index (χ0) is 17.4. The fraction of sp³-hybridized carbons (Fsp3) is 0.118. The van der Waals surface area contributed by atoms with Gasteiger partial charge in [0.25, 0.3) is 5.91 Å². The lowest BCUT2D eigenvalue weighted by Gasteiger charge is -2.05. The van der Waals surface area contributed by atoms with Crippen molar-refractivity contribution in [1.29, 1.82) is 0 Å². The molecule has 0 unspecified atom stereocenters. The SMILES string of the molecule is Cc1cc(C)c2c(N)c(C(=O)Nc3ccc(C(=O)O)cc3)sc2n1. The molecule has 0 aliphatic carbocycles. The molecule has 0 saturated carbocycles. The topological polar surface area (TPSA) is 105 Å². The van der Waals surface area contributed by atoms with Gasteiger partial charge in [0, 0.05) is 16.8 Å². The van der Waals surface area contributed by atoms with Gasteiger partial charge in [-0.05, 0) is 49.7 Å². The van der Waals surface area contributed by atoms with Crippen molar-refractivity contribution in [1.82, 2.24) is 4.98 Å². The number of benzene rings is 1. The smallest absolute Gasteiger partial charge is 0.335 e. The number of nitrogens with two attached hydrogens (primary N) is 1. The molecular formula is C17H15N3O3S. The molecule has 6 nitrogen and oxygen atoms in total. The molecule has 3 rings (SSSR count). The Bertz CT molecular complexity index is 961. The minimum absolute atomic E-state index is 0.157. The van der Waals surface area contributed by atoms with Crippen LogP contribution in [0.5, 0.6) is 0 Å². The van der Waals surface area contributed by atoms with Gasteiger partial charge >= 0.3 is 5.97 Å². The molecule has 0 atom stereocenters. The number of hydrogen-bond donors (Lipinski definition) is 3. The standard InChI is InChI=1S/C17H15N3O3S/c1-8-7-9(2)19-16-12(8)13(18)14(24-16)15(21)20-11-5-3-10(4-6-11)17(22)23/h3-7H,18H2,1-2H3,(H,20,21)(H,22,23). The number of carboxylic acids is 1. The van der Waals surface area contributed by atoms with Crippen molar-refractivity contribution in [2.75, 3.05) is 11.1 Å². The number of hydrogen-bond acceptors (Lipinski definition) is 5. The van der Waals surface area contributed by atoms with E-state index in [1.165, 1.54) is 23.5 Å². The summed E-state index contributed by atoms with van der Waals surface area (Å²) in [6, 6.07) is 7.87. The van der Waals surface area contributed by atoms with Crippen LogP contribution in [0.25, 0.3) is 10.2 Å². The molecule has 1 amide bonds. The molecule has 2 aromatic heterocycles. The van der Waals surface area contributed by atoms with E-state index in [0.29, 0.717) is 16.3 Å². The predicted octanol–water partition coefficient (Wildman–Crippen LogP) is 3.45. The molecule has 0 fully saturated rings. The second-order valence-corrected chi connectivity index (χ2v) is 6.44. The summed E-state index contributed by atoms with van der Waals surface area (Å²) in [4.78, 5) is 28.9. The average molecular weight is 341 g/mol. The maximum atomic E-state index is 12.5. The number of anilines is 2. The third kappa shape index (κ3) is 2.81. The quantitative estimate of drug-likeness (QED) is 0.677. The van der Waals surface area contributed by atoms with Gasteiger partial charge in [0.05, 0.1) is 11.3 Å². The summed E-state index contributed by atoms with van der Waals surface area (Å²) in [5.41, 5.74) is 9.07. The van der Waals surface area contributed by atoms with Crippen LogP contribution in [0.2, 0.25) is 0 Å². The number of thiophene rings is 1. The van der Waals surface area contributed by atoms with Crippen molar-refractivity contribution >= 4 is 44.8 Å². The Morgan fingerprint density at radius 2 is 1.88 bits per heavy atom. The summed E-state index contributed by atoms with van der Waals surface area (Å²) in [7, 11) is 0. The number of aromatic nitrogens is 1. The number of aromatic carboxylic acids is 1. The van der Waals surface area contributed by atoms with Crippen molar-refractivity contribution in [3.05, 3.63) is 52.0 Å². The van der Waals surface area contributed by atoms with Gasteiger partial charge in [-0.3, -0.25) is 4.79 Å². The van der Waals surface area contributed by atoms with E-state index >= 15 is 0 Å². The maximum absolute atomic E-state index is 12.5. The van der Waals surface area contributed by atoms with Gasteiger partial charge in [-0.25, -0.2) is 9.78 Å². The van der Waals surface area contributed by atoms with Crippen LogP contribution in [-0.2, 0) is 0 Å². The van der Waals surface area contributed by atoms with Crippen molar-refractivity contribution < 1.29 is 14.7 Å². The number of fused-ring (bicyclic) bond motifs is 1. The number of aryl methyl sites for hydroxylation is 2. The van der Waals surface area contributed by atoms with Crippen molar-refractivity contribution in [2.24, 2.45) is 0 Å². The second-order valence-electron chi connectivity index (χ2n) is 5.44. The lowest BCUT2D eigenvalue weighted by molar-refractivity contribution is 0.0696. The molecule has 0 spiro atoms. The first-order chi connectivity index (χ1) is 11.4. The van der Waals surface area contributed by atoms with E-state index in [0.717, 1.165) is 21.5 Å². The largest absolute Gasteiger partial charge is 0.478 e. The van der Waals surface area contributed by atoms with Crippen LogP contribution >= 0.6 is 11.3 Å². The number of amides is 1. The fourth-order valence-corrected chi connectivity index (χ4v) is 3.63. The first-order valence-corrected chi connectivity index (χ1v) is 7.99. The molecule has 0 aliphatic heterocycles. The summed E-state index contributed by atoms with van der Waals surface area (Å²) in [5, 5.41) is 12.4. The predicted molar refractivity (Wildman–Crippen MR) is 94.9 cm³/mol. The molecule has 24 heavy (non-hydrogen) atoms. The average Bonchev–Trinajstić information content (AvgIpc) is 2.84. The Morgan fingerprint density at radius 1 is 1.21 bits per heavy atom. The first-order valence-electron chi connectivity index (χ1n) is 7.17. The van der Waals surface area contributed by atoms with Gasteiger partial charge in [0.15, 0.2) is 0 Å². The molecule has 0 aliphatic rings. The summed E-state index contributed by atoms with van der Waals surface area (Å²) >= 11 is 1.25. The highest BCUT2D eigenvalue weighted by Gasteiger charge is 2.19. The zero-order valence-electron chi connectivity index (χ0n) is 13.1. The van der Waals surface area contributed by atoms with Gasteiger partial charge in [0.2, 0.25) is 0 Å². The Kier molecular flexibility index (Phi) is 3.94. The normalized spacial score (nSPS) is 10.8. The second kappa shape index (κ2) is 5.93. The molecule has 3 aromatic rings. The molecule has 122 valence electrons. The van der Waals surface area contributed by atoms with E-state index in [-0.39, 0.29) is 11.5 Å². The molecule has 0 bridgehead atoms. The summed E-state index contributed by atoms with van der Waals surface area (Å²) in [5.74, 6) is -1.35. The highest BCUT2D eigenvalue weighted by atomic mass is 32.1. The number of pyridine rings is 1. The van der Waals surface area contributed by atoms with Crippen LogP contribution in [0, 0.1) is 13.8 Å². The minimum atomic E-state index is -1.02. The number of carboxylic acid groups (broad SMARTS) is 1. The van der Waals surface area contributed by atoms with Crippen LogP contribution in [0.15, 0.2) is 30.3 Å². The van der Waals surface area contributed by atoms with Crippen molar-refractivity contribution in [3.8, 4) is 0 Å². The summed E-state index contributed by atoms with van der Waals surface area (Å²) in [6.45, 7) is 3.83. The van der Waals surface area contributed by atoms with E-state index in [4.69, 9.17) is 10.8 Å². The summed E-state index contributed by atoms with van der Waals surface area (Å²) in [6.07, 6.45) is 0. The number of nitrogens with one attached hydrogen (secondary N) is 1. The van der Waals surface area contributed by atoms with Crippen LogP contribution in [0.3, 0.4) is 0 Å². The molecule has 4 N–H and O–H groups in total. The monoisotopic (exact) mass is 341 g/mol. The third-order valence-electron chi connectivity index (χ3n) is 3.62. The Labute approximate surface area is 141 Å². The fourth-order valence-electron chi connectivity index (χ4n) is 2.52. The molecule has 1 aromatic carbocycles. The van der Waals surface area contributed by atoms with Crippen LogP contribution in [0.4, 0.5) is 11.4 Å². The van der Waals surface area contributed by atoms with Gasteiger partial charge in [-0.15, -0.1) is 11.3 Å². The highest BCUT2D eigenvalue weighted by molar-refractivity contribution is 7.21. The Hall–Kier alpha value is -2.93. The molecule has 0 saturated heterocycles. The van der Waals surface area contributed by atoms with Gasteiger partial charge < -0.3 is 16.2 Å². The highest BCUT2D eigenvalue weighted by Crippen LogP contribution is 2.35.